The van der Waals surface area contributed by atoms with E-state index in [4.69, 9.17) is 0 Å². The van der Waals surface area contributed by atoms with Gasteiger partial charge in [-0.3, -0.25) is 0 Å². The minimum Gasteiger partial charge on any atom is -0.371 e. The number of halogens is 1. The molecule has 0 saturated carbocycles. The Morgan fingerprint density at radius 1 is 1.16 bits per heavy atom. The van der Waals surface area contributed by atoms with Crippen LogP contribution in [0.3, 0.4) is 0 Å². The van der Waals surface area contributed by atoms with E-state index in [1.54, 1.807) is 0 Å². The van der Waals surface area contributed by atoms with Gasteiger partial charge in [0.05, 0.1) is 0 Å². The van der Waals surface area contributed by atoms with Crippen LogP contribution in [0.4, 0.5) is 5.69 Å². The van der Waals surface area contributed by atoms with Gasteiger partial charge in [0.1, 0.15) is 0 Å². The Balaban J connectivity index is 2.95. The summed E-state index contributed by atoms with van der Waals surface area (Å²) in [5.74, 6) is 0. The van der Waals surface area contributed by atoms with E-state index >= 15 is 0 Å². The summed E-state index contributed by atoms with van der Waals surface area (Å²) in [6.45, 7) is 12.0. The Bertz CT molecular complexity index is 371. The van der Waals surface area contributed by atoms with Crippen LogP contribution >= 0.6 is 15.9 Å². The summed E-state index contributed by atoms with van der Waals surface area (Å²) in [6, 6.07) is 7.14. The third kappa shape index (κ3) is 5.53. The highest BCUT2D eigenvalue weighted by atomic mass is 79.9. The quantitative estimate of drug-likeness (QED) is 0.752. The molecular formula is C16H27BrN2. The van der Waals surface area contributed by atoms with Gasteiger partial charge >= 0.3 is 0 Å². The van der Waals surface area contributed by atoms with Crippen molar-refractivity contribution < 1.29 is 0 Å². The molecule has 0 bridgehead atoms. The summed E-state index contributed by atoms with van der Waals surface area (Å²) in [4.78, 5) is 2.50. The maximum absolute atomic E-state index is 3.58. The van der Waals surface area contributed by atoms with E-state index in [1.165, 1.54) is 24.1 Å². The van der Waals surface area contributed by atoms with Crippen LogP contribution in [-0.2, 0) is 6.54 Å². The molecule has 0 radical (unpaired) electrons. The van der Waals surface area contributed by atoms with Crippen molar-refractivity contribution in [2.75, 3.05) is 18.0 Å². The van der Waals surface area contributed by atoms with Crippen molar-refractivity contribution in [2.24, 2.45) is 0 Å². The van der Waals surface area contributed by atoms with E-state index in [0.29, 0.717) is 6.04 Å². The topological polar surface area (TPSA) is 15.3 Å². The lowest BCUT2D eigenvalue weighted by atomic mass is 10.1. The van der Waals surface area contributed by atoms with Crippen LogP contribution in [0.25, 0.3) is 0 Å². The van der Waals surface area contributed by atoms with Gasteiger partial charge in [-0.1, -0.05) is 43.6 Å². The van der Waals surface area contributed by atoms with Gasteiger partial charge in [-0.05, 0) is 36.6 Å². The van der Waals surface area contributed by atoms with E-state index in [0.717, 1.165) is 24.1 Å². The molecule has 108 valence electrons. The van der Waals surface area contributed by atoms with Crippen molar-refractivity contribution in [3.8, 4) is 0 Å². The SMILES string of the molecule is CCCN(CCC)c1ccc(Br)cc1CNC(C)C. The lowest BCUT2D eigenvalue weighted by Gasteiger charge is -2.27. The smallest absolute Gasteiger partial charge is 0.0412 e. The molecule has 0 aromatic heterocycles. The molecule has 2 nitrogen and oxygen atoms in total. The molecule has 0 fully saturated rings. The largest absolute Gasteiger partial charge is 0.371 e. The number of rotatable bonds is 8. The monoisotopic (exact) mass is 326 g/mol. The zero-order chi connectivity index (χ0) is 14.3. The fraction of sp³-hybridized carbons (Fsp3) is 0.625. The molecule has 0 spiro atoms. The molecule has 0 aliphatic rings. The van der Waals surface area contributed by atoms with Crippen LogP contribution in [0.1, 0.15) is 46.1 Å². The molecule has 19 heavy (non-hydrogen) atoms. The number of nitrogens with zero attached hydrogens (tertiary/aromatic N) is 1. The van der Waals surface area contributed by atoms with Crippen LogP contribution in [0.2, 0.25) is 0 Å². The minimum absolute atomic E-state index is 0.512. The van der Waals surface area contributed by atoms with Gasteiger partial charge in [0, 0.05) is 35.8 Å². The fourth-order valence-corrected chi connectivity index (χ4v) is 2.62. The van der Waals surface area contributed by atoms with Crippen molar-refractivity contribution in [3.63, 3.8) is 0 Å². The van der Waals surface area contributed by atoms with Crippen molar-refractivity contribution in [1.29, 1.82) is 0 Å². The van der Waals surface area contributed by atoms with E-state index in [-0.39, 0.29) is 0 Å². The Morgan fingerprint density at radius 2 is 1.79 bits per heavy atom. The van der Waals surface area contributed by atoms with Gasteiger partial charge in [0.15, 0.2) is 0 Å². The molecule has 0 atom stereocenters. The van der Waals surface area contributed by atoms with E-state index in [9.17, 15) is 0 Å². The van der Waals surface area contributed by atoms with Crippen molar-refractivity contribution in [3.05, 3.63) is 28.2 Å². The highest BCUT2D eigenvalue weighted by molar-refractivity contribution is 9.10. The van der Waals surface area contributed by atoms with Crippen LogP contribution < -0.4 is 10.2 Å². The number of hydrogen-bond donors (Lipinski definition) is 1. The first-order valence-electron chi connectivity index (χ1n) is 7.35. The molecule has 3 heteroatoms. The van der Waals surface area contributed by atoms with Crippen molar-refractivity contribution in [1.82, 2.24) is 5.32 Å². The number of hydrogen-bond acceptors (Lipinski definition) is 2. The molecule has 1 N–H and O–H groups in total. The van der Waals surface area contributed by atoms with Crippen LogP contribution in [0.5, 0.6) is 0 Å². The highest BCUT2D eigenvalue weighted by Gasteiger charge is 2.10. The second-order valence-corrected chi connectivity index (χ2v) is 6.21. The molecule has 1 rings (SSSR count). The second kappa shape index (κ2) is 8.60. The summed E-state index contributed by atoms with van der Waals surface area (Å²) in [7, 11) is 0. The van der Waals surface area contributed by atoms with Crippen LogP contribution in [0, 0.1) is 0 Å². The minimum atomic E-state index is 0.512. The van der Waals surface area contributed by atoms with E-state index in [1.807, 2.05) is 0 Å². The third-order valence-corrected chi connectivity index (χ3v) is 3.56. The van der Waals surface area contributed by atoms with Gasteiger partial charge in [-0.15, -0.1) is 0 Å². The summed E-state index contributed by atoms with van der Waals surface area (Å²) >= 11 is 3.58. The van der Waals surface area contributed by atoms with E-state index in [2.05, 4.69) is 72.0 Å². The summed E-state index contributed by atoms with van der Waals surface area (Å²) in [5, 5.41) is 3.52. The first-order chi connectivity index (χ1) is 9.08. The summed E-state index contributed by atoms with van der Waals surface area (Å²) < 4.78 is 1.16. The van der Waals surface area contributed by atoms with Crippen molar-refractivity contribution >= 4 is 21.6 Å². The van der Waals surface area contributed by atoms with Gasteiger partial charge in [-0.2, -0.15) is 0 Å². The van der Waals surface area contributed by atoms with Gasteiger partial charge in [-0.25, -0.2) is 0 Å². The molecule has 0 amide bonds. The number of nitrogens with one attached hydrogen (secondary N) is 1. The van der Waals surface area contributed by atoms with Crippen molar-refractivity contribution in [2.45, 2.75) is 53.1 Å². The Hall–Kier alpha value is -0.540. The standard InChI is InChI=1S/C16H27BrN2/c1-5-9-19(10-6-2)16-8-7-15(17)11-14(16)12-18-13(3)4/h7-8,11,13,18H,5-6,9-10,12H2,1-4H3. The van der Waals surface area contributed by atoms with Gasteiger partial charge in [0.25, 0.3) is 0 Å². The lowest BCUT2D eigenvalue weighted by molar-refractivity contribution is 0.587. The second-order valence-electron chi connectivity index (χ2n) is 5.30. The molecule has 1 aromatic rings. The summed E-state index contributed by atoms with van der Waals surface area (Å²) in [5.41, 5.74) is 2.75. The van der Waals surface area contributed by atoms with Gasteiger partial charge in [0.2, 0.25) is 0 Å². The van der Waals surface area contributed by atoms with Gasteiger partial charge < -0.3 is 10.2 Å². The third-order valence-electron chi connectivity index (χ3n) is 3.07. The fourth-order valence-electron chi connectivity index (χ4n) is 2.21. The molecule has 0 aliphatic carbocycles. The molecule has 0 saturated heterocycles. The molecule has 0 heterocycles. The molecule has 1 aromatic carbocycles. The van der Waals surface area contributed by atoms with Crippen LogP contribution in [-0.4, -0.2) is 19.1 Å². The Morgan fingerprint density at radius 3 is 2.32 bits per heavy atom. The summed E-state index contributed by atoms with van der Waals surface area (Å²) in [6.07, 6.45) is 2.38. The first-order valence-corrected chi connectivity index (χ1v) is 8.14. The van der Waals surface area contributed by atoms with E-state index < -0.39 is 0 Å². The first kappa shape index (κ1) is 16.5. The Kier molecular flexibility index (Phi) is 7.47. The van der Waals surface area contributed by atoms with Crippen LogP contribution in [0.15, 0.2) is 22.7 Å². The maximum atomic E-state index is 3.58. The average molecular weight is 327 g/mol. The zero-order valence-corrected chi connectivity index (χ0v) is 14.3. The molecule has 0 aliphatic heterocycles. The number of anilines is 1. The zero-order valence-electron chi connectivity index (χ0n) is 12.7. The highest BCUT2D eigenvalue weighted by Crippen LogP contribution is 2.25. The average Bonchev–Trinajstić information content (AvgIpc) is 2.36. The number of benzene rings is 1. The predicted octanol–water partition coefficient (Wildman–Crippen LogP) is 4.57. The predicted molar refractivity (Wildman–Crippen MR) is 88.9 cm³/mol. The molecular weight excluding hydrogens is 300 g/mol. The Labute approximate surface area is 126 Å². The lowest BCUT2D eigenvalue weighted by Crippen LogP contribution is -2.28. The maximum Gasteiger partial charge on any atom is 0.0412 e. The normalized spacial score (nSPS) is 11.1. The molecule has 0 unspecified atom stereocenters.